The van der Waals surface area contributed by atoms with Gasteiger partial charge in [-0.3, -0.25) is 0 Å². The molecule has 5 atom stereocenters. The molecule has 1 fully saturated rings. The van der Waals surface area contributed by atoms with Crippen LogP contribution < -0.4 is 4.98 Å². The fourth-order valence-electron chi connectivity index (χ4n) is 6.44. The molecule has 1 aromatic rings. The SMILES string of the molecule is CC1=C(C)C2C(C)C(C)C([Si](C)(C)Nc3ccc(C(C)(C)C)cc3)C2C(C)=C1C. The first-order valence-electron chi connectivity index (χ1n) is 11.5. The molecule has 0 saturated heterocycles. The van der Waals surface area contributed by atoms with E-state index in [9.17, 15) is 0 Å². The predicted octanol–water partition coefficient (Wildman–Crippen LogP) is 8.18. The molecule has 5 unspecified atom stereocenters. The zero-order chi connectivity index (χ0) is 21.9. The van der Waals surface area contributed by atoms with E-state index >= 15 is 0 Å². The molecular formula is C27H43NSi. The Hall–Kier alpha value is -1.28. The second-order valence-electron chi connectivity index (χ2n) is 11.6. The fourth-order valence-corrected chi connectivity index (χ4v) is 10.5. The fraction of sp³-hybridized carbons (Fsp3) is 0.630. The van der Waals surface area contributed by atoms with Crippen LogP contribution in [0, 0.1) is 23.7 Å². The zero-order valence-corrected chi connectivity index (χ0v) is 21.7. The summed E-state index contributed by atoms with van der Waals surface area (Å²) >= 11 is 0. The molecule has 1 saturated carbocycles. The standard InChI is InChI=1S/C27H43NSi/c1-16-17(2)19(4)25-24(18(16)3)20(5)21(6)26(25)29(10,11)28-23-14-12-22(13-15-23)27(7,8)9/h12-15,20-21,24-26,28H,1-11H3. The molecular weight excluding hydrogens is 366 g/mol. The normalized spacial score (nSPS) is 30.7. The third-order valence-corrected chi connectivity index (χ3v) is 12.0. The first-order valence-corrected chi connectivity index (χ1v) is 14.6. The summed E-state index contributed by atoms with van der Waals surface area (Å²) in [5.74, 6) is 2.92. The quantitative estimate of drug-likeness (QED) is 0.496. The lowest BCUT2D eigenvalue weighted by Crippen LogP contribution is -2.46. The highest BCUT2D eigenvalue weighted by Gasteiger charge is 2.55. The van der Waals surface area contributed by atoms with Crippen LogP contribution in [0.1, 0.15) is 67.9 Å². The highest BCUT2D eigenvalue weighted by molar-refractivity contribution is 6.82. The summed E-state index contributed by atoms with van der Waals surface area (Å²) in [5, 5.41) is 0. The van der Waals surface area contributed by atoms with E-state index < -0.39 is 8.24 Å². The van der Waals surface area contributed by atoms with Gasteiger partial charge in [-0.1, -0.05) is 71.0 Å². The predicted molar refractivity (Wildman–Crippen MR) is 132 cm³/mol. The van der Waals surface area contributed by atoms with Crippen molar-refractivity contribution >= 4 is 13.9 Å². The van der Waals surface area contributed by atoms with Crippen molar-refractivity contribution in [2.24, 2.45) is 23.7 Å². The molecule has 0 radical (unpaired) electrons. The summed E-state index contributed by atoms with van der Waals surface area (Å²) in [6.45, 7) is 26.5. The molecule has 0 amide bonds. The highest BCUT2D eigenvalue weighted by atomic mass is 28.3. The number of allylic oxidation sites excluding steroid dienone is 4. The van der Waals surface area contributed by atoms with E-state index in [-0.39, 0.29) is 5.41 Å². The van der Waals surface area contributed by atoms with Crippen molar-refractivity contribution in [2.45, 2.75) is 86.4 Å². The van der Waals surface area contributed by atoms with Gasteiger partial charge in [-0.25, -0.2) is 0 Å². The number of nitrogens with one attached hydrogen (secondary N) is 1. The van der Waals surface area contributed by atoms with Crippen molar-refractivity contribution in [3.05, 3.63) is 52.1 Å². The van der Waals surface area contributed by atoms with Gasteiger partial charge in [0.15, 0.2) is 8.24 Å². The number of rotatable bonds is 3. The van der Waals surface area contributed by atoms with Crippen LogP contribution in [0.25, 0.3) is 0 Å². The lowest BCUT2D eigenvalue weighted by atomic mass is 9.72. The van der Waals surface area contributed by atoms with Crippen LogP contribution in [0.4, 0.5) is 5.69 Å². The second-order valence-corrected chi connectivity index (χ2v) is 15.9. The maximum Gasteiger partial charge on any atom is 0.151 e. The Balaban J connectivity index is 1.94. The first kappa shape index (κ1) is 22.4. The Kier molecular flexibility index (Phi) is 5.75. The number of fused-ring (bicyclic) bond motifs is 1. The molecule has 2 heteroatoms. The molecule has 0 aliphatic heterocycles. The number of hydrogen-bond donors (Lipinski definition) is 1. The van der Waals surface area contributed by atoms with Gasteiger partial charge in [0.25, 0.3) is 0 Å². The lowest BCUT2D eigenvalue weighted by Gasteiger charge is -2.41. The van der Waals surface area contributed by atoms with Gasteiger partial charge in [-0.15, -0.1) is 0 Å². The van der Waals surface area contributed by atoms with Crippen molar-refractivity contribution in [2.75, 3.05) is 4.98 Å². The molecule has 0 heterocycles. The van der Waals surface area contributed by atoms with Crippen LogP contribution in [-0.4, -0.2) is 8.24 Å². The van der Waals surface area contributed by atoms with E-state index in [1.165, 1.54) is 11.3 Å². The number of benzene rings is 1. The maximum absolute atomic E-state index is 4.08. The Labute approximate surface area is 181 Å². The Morgan fingerprint density at radius 3 is 1.72 bits per heavy atom. The lowest BCUT2D eigenvalue weighted by molar-refractivity contribution is 0.371. The first-order chi connectivity index (χ1) is 13.3. The van der Waals surface area contributed by atoms with Crippen LogP contribution in [0.3, 0.4) is 0 Å². The van der Waals surface area contributed by atoms with Gasteiger partial charge in [0.1, 0.15) is 0 Å². The molecule has 3 rings (SSSR count). The third-order valence-electron chi connectivity index (χ3n) is 8.53. The number of hydrogen-bond acceptors (Lipinski definition) is 1. The summed E-state index contributed by atoms with van der Waals surface area (Å²) in [6, 6.07) is 9.23. The van der Waals surface area contributed by atoms with E-state index in [1.807, 2.05) is 0 Å². The van der Waals surface area contributed by atoms with Gasteiger partial charge in [-0.2, -0.15) is 0 Å². The van der Waals surface area contributed by atoms with Crippen molar-refractivity contribution in [1.29, 1.82) is 0 Å². The van der Waals surface area contributed by atoms with E-state index in [0.29, 0.717) is 5.92 Å². The minimum Gasteiger partial charge on any atom is -0.410 e. The summed E-state index contributed by atoms with van der Waals surface area (Å²) < 4.78 is 0. The average molecular weight is 410 g/mol. The van der Waals surface area contributed by atoms with Crippen LogP contribution in [0.5, 0.6) is 0 Å². The van der Waals surface area contributed by atoms with Gasteiger partial charge in [0.2, 0.25) is 0 Å². The second kappa shape index (κ2) is 7.44. The maximum atomic E-state index is 4.08. The van der Waals surface area contributed by atoms with Crippen molar-refractivity contribution in [3.63, 3.8) is 0 Å². The molecule has 0 spiro atoms. The summed E-state index contributed by atoms with van der Waals surface area (Å²) in [7, 11) is -1.72. The Bertz CT molecular complexity index is 834. The monoisotopic (exact) mass is 409 g/mol. The van der Waals surface area contributed by atoms with Gasteiger partial charge in [0.05, 0.1) is 0 Å². The smallest absolute Gasteiger partial charge is 0.151 e. The zero-order valence-electron chi connectivity index (χ0n) is 20.7. The molecule has 2 aliphatic carbocycles. The van der Waals surface area contributed by atoms with E-state index in [4.69, 9.17) is 0 Å². The topological polar surface area (TPSA) is 12.0 Å². The molecule has 0 bridgehead atoms. The Morgan fingerprint density at radius 2 is 1.24 bits per heavy atom. The van der Waals surface area contributed by atoms with Crippen LogP contribution in [-0.2, 0) is 5.41 Å². The van der Waals surface area contributed by atoms with Crippen LogP contribution in [0.15, 0.2) is 46.6 Å². The van der Waals surface area contributed by atoms with Crippen molar-refractivity contribution in [3.8, 4) is 0 Å². The summed E-state index contributed by atoms with van der Waals surface area (Å²) in [6.07, 6.45) is 0. The van der Waals surface area contributed by atoms with Gasteiger partial charge in [0, 0.05) is 5.69 Å². The van der Waals surface area contributed by atoms with Crippen molar-refractivity contribution in [1.82, 2.24) is 0 Å². The molecule has 1 nitrogen and oxygen atoms in total. The van der Waals surface area contributed by atoms with E-state index in [0.717, 1.165) is 23.3 Å². The Morgan fingerprint density at radius 1 is 0.759 bits per heavy atom. The van der Waals surface area contributed by atoms with Gasteiger partial charge in [-0.05, 0) is 91.2 Å². The minimum atomic E-state index is -1.72. The van der Waals surface area contributed by atoms with Gasteiger partial charge >= 0.3 is 0 Å². The van der Waals surface area contributed by atoms with Crippen molar-refractivity contribution < 1.29 is 0 Å². The molecule has 2 aliphatic rings. The van der Waals surface area contributed by atoms with Gasteiger partial charge < -0.3 is 4.98 Å². The molecule has 1 N–H and O–H groups in total. The van der Waals surface area contributed by atoms with E-state index in [1.54, 1.807) is 22.3 Å². The van der Waals surface area contributed by atoms with E-state index in [2.05, 4.69) is 105 Å². The van der Waals surface area contributed by atoms with Crippen LogP contribution in [0.2, 0.25) is 18.6 Å². The minimum absolute atomic E-state index is 0.206. The molecule has 1 aromatic carbocycles. The van der Waals surface area contributed by atoms with Crippen LogP contribution >= 0.6 is 0 Å². The largest absolute Gasteiger partial charge is 0.410 e. The number of anilines is 1. The molecule has 160 valence electrons. The third kappa shape index (κ3) is 3.78. The molecule has 0 aromatic heterocycles. The highest BCUT2D eigenvalue weighted by Crippen LogP contribution is 2.61. The average Bonchev–Trinajstić information content (AvgIpc) is 2.90. The molecule has 29 heavy (non-hydrogen) atoms. The summed E-state index contributed by atoms with van der Waals surface area (Å²) in [4.78, 5) is 4.08. The summed E-state index contributed by atoms with van der Waals surface area (Å²) in [5.41, 5.74) is 10.1.